The molecule has 0 aliphatic rings. The van der Waals surface area contributed by atoms with Crippen molar-refractivity contribution in [2.45, 2.75) is 12.6 Å². The fourth-order valence-corrected chi connectivity index (χ4v) is 1.28. The van der Waals surface area contributed by atoms with Crippen molar-refractivity contribution in [2.75, 3.05) is 13.6 Å². The van der Waals surface area contributed by atoms with E-state index in [1.165, 1.54) is 12.1 Å². The Labute approximate surface area is 93.5 Å². The summed E-state index contributed by atoms with van der Waals surface area (Å²) in [6, 6.07) is 5.48. The number of carboxylic acid groups (broad SMARTS) is 1. The van der Waals surface area contributed by atoms with E-state index in [2.05, 4.69) is 10.6 Å². The first-order valence-electron chi connectivity index (χ1n) is 4.98. The maximum atomic E-state index is 12.6. The molecule has 88 valence electrons. The Balaban J connectivity index is 2.35. The quantitative estimate of drug-likeness (QED) is 0.664. The number of aliphatic carboxylic acids is 1. The molecule has 1 aromatic carbocycles. The van der Waals surface area contributed by atoms with Crippen molar-refractivity contribution in [3.05, 3.63) is 35.6 Å². The van der Waals surface area contributed by atoms with Gasteiger partial charge >= 0.3 is 5.97 Å². The molecule has 0 heterocycles. The SMILES string of the molecule is CNC(CNCc1ccc(F)cc1)C(=O)O. The highest BCUT2D eigenvalue weighted by Gasteiger charge is 2.13. The van der Waals surface area contributed by atoms with Crippen LogP contribution in [-0.4, -0.2) is 30.7 Å². The van der Waals surface area contributed by atoms with E-state index in [9.17, 15) is 9.18 Å². The van der Waals surface area contributed by atoms with E-state index >= 15 is 0 Å². The van der Waals surface area contributed by atoms with Crippen molar-refractivity contribution in [3.63, 3.8) is 0 Å². The van der Waals surface area contributed by atoms with Crippen LogP contribution in [0.2, 0.25) is 0 Å². The number of halogens is 1. The van der Waals surface area contributed by atoms with Gasteiger partial charge in [-0.3, -0.25) is 4.79 Å². The minimum atomic E-state index is -0.894. The highest BCUT2D eigenvalue weighted by molar-refractivity contribution is 5.73. The molecule has 1 unspecified atom stereocenters. The number of carbonyl (C=O) groups is 1. The van der Waals surface area contributed by atoms with E-state index < -0.39 is 12.0 Å². The Morgan fingerprint density at radius 1 is 1.44 bits per heavy atom. The predicted molar refractivity (Wildman–Crippen MR) is 58.6 cm³/mol. The average molecular weight is 226 g/mol. The van der Waals surface area contributed by atoms with Gasteiger partial charge in [0.2, 0.25) is 0 Å². The molecule has 0 bridgehead atoms. The lowest BCUT2D eigenvalue weighted by Gasteiger charge is -2.12. The maximum Gasteiger partial charge on any atom is 0.322 e. The third-order valence-corrected chi connectivity index (χ3v) is 2.24. The summed E-state index contributed by atoms with van der Waals surface area (Å²) in [5, 5.41) is 14.4. The summed E-state index contributed by atoms with van der Waals surface area (Å²) in [5.74, 6) is -1.17. The van der Waals surface area contributed by atoms with Crippen LogP contribution in [0.4, 0.5) is 4.39 Å². The zero-order chi connectivity index (χ0) is 12.0. The lowest BCUT2D eigenvalue weighted by Crippen LogP contribution is -2.42. The first-order valence-corrected chi connectivity index (χ1v) is 4.98. The molecule has 0 saturated heterocycles. The monoisotopic (exact) mass is 226 g/mol. The number of likely N-dealkylation sites (N-methyl/N-ethyl adjacent to an activating group) is 1. The lowest BCUT2D eigenvalue weighted by molar-refractivity contribution is -0.139. The summed E-state index contributed by atoms with van der Waals surface area (Å²) in [6.45, 7) is 0.842. The molecule has 1 atom stereocenters. The van der Waals surface area contributed by atoms with Crippen LogP contribution in [0.3, 0.4) is 0 Å². The van der Waals surface area contributed by atoms with Crippen molar-refractivity contribution in [2.24, 2.45) is 0 Å². The molecule has 0 fully saturated rings. The second-order valence-corrected chi connectivity index (χ2v) is 3.44. The van der Waals surface area contributed by atoms with Gasteiger partial charge in [0, 0.05) is 13.1 Å². The van der Waals surface area contributed by atoms with Crippen molar-refractivity contribution < 1.29 is 14.3 Å². The molecule has 1 rings (SSSR count). The molecule has 0 radical (unpaired) electrons. The lowest BCUT2D eigenvalue weighted by atomic mass is 10.2. The molecule has 3 N–H and O–H groups in total. The van der Waals surface area contributed by atoms with E-state index in [0.29, 0.717) is 13.1 Å². The van der Waals surface area contributed by atoms with Gasteiger partial charge in [-0.25, -0.2) is 4.39 Å². The van der Waals surface area contributed by atoms with Gasteiger partial charge in [-0.2, -0.15) is 0 Å². The van der Waals surface area contributed by atoms with Crippen molar-refractivity contribution in [3.8, 4) is 0 Å². The van der Waals surface area contributed by atoms with Crippen LogP contribution in [0.15, 0.2) is 24.3 Å². The third-order valence-electron chi connectivity index (χ3n) is 2.24. The molecule has 0 amide bonds. The van der Waals surface area contributed by atoms with Gasteiger partial charge in [0.15, 0.2) is 0 Å². The Hall–Kier alpha value is -1.46. The second-order valence-electron chi connectivity index (χ2n) is 3.44. The molecular formula is C11H15FN2O2. The topological polar surface area (TPSA) is 61.4 Å². The number of benzene rings is 1. The molecular weight excluding hydrogens is 211 g/mol. The predicted octanol–water partition coefficient (Wildman–Crippen LogP) is 0.588. The third kappa shape index (κ3) is 3.96. The Kier molecular flexibility index (Phi) is 4.88. The molecule has 0 aliphatic carbocycles. The van der Waals surface area contributed by atoms with Crippen LogP contribution in [0, 0.1) is 5.82 Å². The van der Waals surface area contributed by atoms with Crippen LogP contribution in [0.5, 0.6) is 0 Å². The first-order chi connectivity index (χ1) is 7.63. The molecule has 0 aromatic heterocycles. The minimum absolute atomic E-state index is 0.276. The molecule has 0 saturated carbocycles. The van der Waals surface area contributed by atoms with Crippen molar-refractivity contribution in [1.29, 1.82) is 0 Å². The van der Waals surface area contributed by atoms with E-state index in [1.807, 2.05) is 0 Å². The van der Waals surface area contributed by atoms with Crippen LogP contribution < -0.4 is 10.6 Å². The summed E-state index contributed by atoms with van der Waals surface area (Å²) in [4.78, 5) is 10.7. The first kappa shape index (κ1) is 12.6. The van der Waals surface area contributed by atoms with Crippen LogP contribution >= 0.6 is 0 Å². The largest absolute Gasteiger partial charge is 0.480 e. The minimum Gasteiger partial charge on any atom is -0.480 e. The van der Waals surface area contributed by atoms with Gasteiger partial charge in [0.1, 0.15) is 11.9 Å². The van der Waals surface area contributed by atoms with Gasteiger partial charge in [-0.15, -0.1) is 0 Å². The van der Waals surface area contributed by atoms with Gasteiger partial charge in [-0.05, 0) is 24.7 Å². The summed E-state index contributed by atoms with van der Waals surface area (Å²) >= 11 is 0. The Morgan fingerprint density at radius 3 is 2.56 bits per heavy atom. The van der Waals surface area contributed by atoms with E-state index in [-0.39, 0.29) is 5.82 Å². The summed E-state index contributed by atoms with van der Waals surface area (Å²) in [7, 11) is 1.60. The molecule has 1 aromatic rings. The number of nitrogens with one attached hydrogen (secondary N) is 2. The summed E-state index contributed by atoms with van der Waals surface area (Å²) in [5.41, 5.74) is 0.918. The van der Waals surface area contributed by atoms with Crippen molar-refractivity contribution >= 4 is 5.97 Å². The zero-order valence-corrected chi connectivity index (χ0v) is 9.03. The molecule has 4 nitrogen and oxygen atoms in total. The van der Waals surface area contributed by atoms with Crippen LogP contribution in [0.25, 0.3) is 0 Å². The molecule has 0 aliphatic heterocycles. The van der Waals surface area contributed by atoms with Crippen molar-refractivity contribution in [1.82, 2.24) is 10.6 Å². The Bertz CT molecular complexity index is 340. The normalized spacial score (nSPS) is 12.4. The van der Waals surface area contributed by atoms with E-state index in [1.54, 1.807) is 19.2 Å². The van der Waals surface area contributed by atoms with Gasteiger partial charge in [-0.1, -0.05) is 12.1 Å². The zero-order valence-electron chi connectivity index (χ0n) is 9.03. The maximum absolute atomic E-state index is 12.6. The van der Waals surface area contributed by atoms with Gasteiger partial charge in [0.05, 0.1) is 0 Å². The molecule has 0 spiro atoms. The van der Waals surface area contributed by atoms with Crippen LogP contribution in [-0.2, 0) is 11.3 Å². The number of carboxylic acids is 1. The number of hydrogen-bond donors (Lipinski definition) is 3. The molecule has 5 heteroatoms. The average Bonchev–Trinajstić information content (AvgIpc) is 2.26. The van der Waals surface area contributed by atoms with E-state index in [0.717, 1.165) is 5.56 Å². The standard InChI is InChI=1S/C11H15FN2O2/c1-13-10(11(15)16)7-14-6-8-2-4-9(12)5-3-8/h2-5,10,13-14H,6-7H2,1H3,(H,15,16). The highest BCUT2D eigenvalue weighted by Crippen LogP contribution is 2.01. The second kappa shape index (κ2) is 6.19. The fourth-order valence-electron chi connectivity index (χ4n) is 1.28. The summed E-state index contributed by atoms with van der Waals surface area (Å²) < 4.78 is 12.6. The Morgan fingerprint density at radius 2 is 2.06 bits per heavy atom. The number of rotatable bonds is 6. The van der Waals surface area contributed by atoms with Gasteiger partial charge in [0.25, 0.3) is 0 Å². The molecule has 16 heavy (non-hydrogen) atoms. The van der Waals surface area contributed by atoms with Gasteiger partial charge < -0.3 is 15.7 Å². The number of hydrogen-bond acceptors (Lipinski definition) is 3. The summed E-state index contributed by atoms with van der Waals surface area (Å²) in [6.07, 6.45) is 0. The highest BCUT2D eigenvalue weighted by atomic mass is 19.1. The smallest absolute Gasteiger partial charge is 0.322 e. The fraction of sp³-hybridized carbons (Fsp3) is 0.364. The van der Waals surface area contributed by atoms with E-state index in [4.69, 9.17) is 5.11 Å². The van der Waals surface area contributed by atoms with Crippen LogP contribution in [0.1, 0.15) is 5.56 Å².